The molecule has 4 nitrogen and oxygen atoms in total. The number of benzene rings is 1. The Morgan fingerprint density at radius 2 is 1.88 bits per heavy atom. The second-order valence-corrected chi connectivity index (χ2v) is 3.28. The predicted octanol–water partition coefficient (Wildman–Crippen LogP) is 1.84. The fraction of sp³-hybridized carbons (Fsp3) is 0. The van der Waals surface area contributed by atoms with Crippen LogP contribution in [-0.2, 0) is 0 Å². The van der Waals surface area contributed by atoms with Crippen LogP contribution < -0.4 is 5.73 Å². The molecule has 0 radical (unpaired) electrons. The molecule has 1 aromatic heterocycles. The van der Waals surface area contributed by atoms with Crippen LogP contribution in [0, 0.1) is 0 Å². The smallest absolute Gasteiger partial charge is 0.188 e. The van der Waals surface area contributed by atoms with Gasteiger partial charge in [-0.15, -0.1) is 0 Å². The summed E-state index contributed by atoms with van der Waals surface area (Å²) in [7, 11) is 0. The summed E-state index contributed by atoms with van der Waals surface area (Å²) in [4.78, 5) is 4.02. The Morgan fingerprint density at radius 1 is 1.12 bits per heavy atom. The van der Waals surface area contributed by atoms with Crippen LogP contribution >= 0.6 is 0 Å². The number of hydrogen-bond acceptors (Lipinski definition) is 3. The van der Waals surface area contributed by atoms with Crippen LogP contribution in [0.3, 0.4) is 0 Å². The molecule has 0 amide bonds. The molecule has 2 rings (SSSR count). The van der Waals surface area contributed by atoms with Gasteiger partial charge in [0, 0.05) is 6.20 Å². The van der Waals surface area contributed by atoms with Crippen molar-refractivity contribution in [2.75, 3.05) is 0 Å². The van der Waals surface area contributed by atoms with Crippen LogP contribution in [0.4, 0.5) is 0 Å². The minimum atomic E-state index is 0.0118. The Balaban J connectivity index is 2.44. The fourth-order valence-electron chi connectivity index (χ4n) is 1.43. The van der Waals surface area contributed by atoms with Gasteiger partial charge in [-0.2, -0.15) is 0 Å². The van der Waals surface area contributed by atoms with Crippen molar-refractivity contribution in [3.63, 3.8) is 0 Å². The minimum absolute atomic E-state index is 0.0118. The van der Waals surface area contributed by atoms with E-state index in [-0.39, 0.29) is 5.84 Å². The Kier molecular flexibility index (Phi) is 2.82. The molecule has 1 aromatic carbocycles. The van der Waals surface area contributed by atoms with Crippen molar-refractivity contribution in [3.05, 3.63) is 54.4 Å². The monoisotopic (exact) mass is 213 g/mol. The third kappa shape index (κ3) is 2.00. The zero-order chi connectivity index (χ0) is 11.4. The summed E-state index contributed by atoms with van der Waals surface area (Å²) in [5, 5.41) is 11.5. The number of nitrogens with two attached hydrogens (primary N) is 1. The number of amidine groups is 1. The van der Waals surface area contributed by atoms with E-state index in [1.165, 1.54) is 0 Å². The maximum atomic E-state index is 8.57. The molecule has 3 N–H and O–H groups in total. The quantitative estimate of drug-likeness (QED) is 0.346. The first-order valence-electron chi connectivity index (χ1n) is 4.80. The lowest BCUT2D eigenvalue weighted by atomic mass is 10.1. The molecule has 0 spiro atoms. The SMILES string of the molecule is N/C(=N\O)c1cc(-c2ccccc2)ccn1. The Hall–Kier alpha value is -2.36. The molecule has 80 valence electrons. The van der Waals surface area contributed by atoms with E-state index in [2.05, 4.69) is 10.1 Å². The first kappa shape index (κ1) is 10.2. The van der Waals surface area contributed by atoms with E-state index in [0.29, 0.717) is 5.69 Å². The largest absolute Gasteiger partial charge is 0.409 e. The van der Waals surface area contributed by atoms with Crippen molar-refractivity contribution >= 4 is 5.84 Å². The van der Waals surface area contributed by atoms with E-state index < -0.39 is 0 Å². The molecule has 0 atom stereocenters. The van der Waals surface area contributed by atoms with E-state index >= 15 is 0 Å². The lowest BCUT2D eigenvalue weighted by molar-refractivity contribution is 0.318. The third-order valence-corrected chi connectivity index (χ3v) is 2.24. The van der Waals surface area contributed by atoms with Gasteiger partial charge in [0.05, 0.1) is 0 Å². The number of hydrogen-bond donors (Lipinski definition) is 2. The molecule has 0 saturated heterocycles. The van der Waals surface area contributed by atoms with Gasteiger partial charge in [-0.05, 0) is 23.3 Å². The molecule has 16 heavy (non-hydrogen) atoms. The molecule has 0 fully saturated rings. The average Bonchev–Trinajstić information content (AvgIpc) is 2.39. The van der Waals surface area contributed by atoms with Crippen molar-refractivity contribution < 1.29 is 5.21 Å². The number of aromatic nitrogens is 1. The Bertz CT molecular complexity index is 509. The van der Waals surface area contributed by atoms with Crippen LogP contribution in [-0.4, -0.2) is 16.0 Å². The molecule has 0 bridgehead atoms. The summed E-state index contributed by atoms with van der Waals surface area (Å²) in [6.45, 7) is 0. The summed E-state index contributed by atoms with van der Waals surface area (Å²) in [5.74, 6) is 0.0118. The molecule has 2 aromatic rings. The standard InChI is InChI=1S/C12H11N3O/c13-12(15-16)11-8-10(6-7-14-11)9-4-2-1-3-5-9/h1-8,16H,(H2,13,15). The Labute approximate surface area is 93.1 Å². The van der Waals surface area contributed by atoms with Crippen LogP contribution in [0.5, 0.6) is 0 Å². The molecule has 0 unspecified atom stereocenters. The van der Waals surface area contributed by atoms with E-state index in [1.807, 2.05) is 36.4 Å². The fourth-order valence-corrected chi connectivity index (χ4v) is 1.43. The van der Waals surface area contributed by atoms with Crippen LogP contribution in [0.2, 0.25) is 0 Å². The molecule has 0 aliphatic carbocycles. The van der Waals surface area contributed by atoms with Gasteiger partial charge in [0.1, 0.15) is 5.69 Å². The van der Waals surface area contributed by atoms with Gasteiger partial charge < -0.3 is 10.9 Å². The molecule has 0 saturated carbocycles. The highest BCUT2D eigenvalue weighted by atomic mass is 16.4. The molecular weight excluding hydrogens is 202 g/mol. The normalized spacial score (nSPS) is 11.4. The summed E-state index contributed by atoms with van der Waals surface area (Å²) in [6.07, 6.45) is 1.63. The van der Waals surface area contributed by atoms with E-state index in [4.69, 9.17) is 10.9 Å². The third-order valence-electron chi connectivity index (χ3n) is 2.24. The highest BCUT2D eigenvalue weighted by molar-refractivity contribution is 5.96. The molecule has 4 heteroatoms. The number of nitrogens with zero attached hydrogens (tertiary/aromatic N) is 2. The summed E-state index contributed by atoms with van der Waals surface area (Å²) >= 11 is 0. The topological polar surface area (TPSA) is 71.5 Å². The van der Waals surface area contributed by atoms with Gasteiger partial charge in [-0.1, -0.05) is 35.5 Å². The van der Waals surface area contributed by atoms with Crippen molar-refractivity contribution in [2.24, 2.45) is 10.9 Å². The number of rotatable bonds is 2. The van der Waals surface area contributed by atoms with Crippen LogP contribution in [0.1, 0.15) is 5.69 Å². The first-order chi connectivity index (χ1) is 7.81. The van der Waals surface area contributed by atoms with Crippen molar-refractivity contribution in [1.82, 2.24) is 4.98 Å². The second-order valence-electron chi connectivity index (χ2n) is 3.28. The highest BCUT2D eigenvalue weighted by Crippen LogP contribution is 2.18. The van der Waals surface area contributed by atoms with Gasteiger partial charge in [0.15, 0.2) is 5.84 Å². The summed E-state index contributed by atoms with van der Waals surface area (Å²) < 4.78 is 0. The van der Waals surface area contributed by atoms with Crippen LogP contribution in [0.15, 0.2) is 53.8 Å². The molecular formula is C12H11N3O. The van der Waals surface area contributed by atoms with Crippen LogP contribution in [0.25, 0.3) is 11.1 Å². The average molecular weight is 213 g/mol. The lowest BCUT2D eigenvalue weighted by Crippen LogP contribution is -2.14. The van der Waals surface area contributed by atoms with Gasteiger partial charge in [-0.3, -0.25) is 4.98 Å². The van der Waals surface area contributed by atoms with E-state index in [9.17, 15) is 0 Å². The highest BCUT2D eigenvalue weighted by Gasteiger charge is 2.03. The second kappa shape index (κ2) is 4.44. The minimum Gasteiger partial charge on any atom is -0.409 e. The zero-order valence-electron chi connectivity index (χ0n) is 8.54. The Morgan fingerprint density at radius 3 is 2.56 bits per heavy atom. The van der Waals surface area contributed by atoms with Gasteiger partial charge in [0.25, 0.3) is 0 Å². The van der Waals surface area contributed by atoms with Crippen molar-refractivity contribution in [2.45, 2.75) is 0 Å². The van der Waals surface area contributed by atoms with Crippen molar-refractivity contribution in [3.8, 4) is 11.1 Å². The summed E-state index contributed by atoms with van der Waals surface area (Å²) in [5.41, 5.74) is 7.99. The lowest BCUT2D eigenvalue weighted by Gasteiger charge is -2.03. The molecule has 0 aliphatic rings. The maximum absolute atomic E-state index is 8.57. The number of pyridine rings is 1. The number of oxime groups is 1. The van der Waals surface area contributed by atoms with Gasteiger partial charge in [-0.25, -0.2) is 0 Å². The van der Waals surface area contributed by atoms with Crippen molar-refractivity contribution in [1.29, 1.82) is 0 Å². The molecule has 1 heterocycles. The maximum Gasteiger partial charge on any atom is 0.188 e. The van der Waals surface area contributed by atoms with E-state index in [0.717, 1.165) is 11.1 Å². The predicted molar refractivity (Wildman–Crippen MR) is 62.2 cm³/mol. The molecule has 0 aliphatic heterocycles. The zero-order valence-corrected chi connectivity index (χ0v) is 8.54. The van der Waals surface area contributed by atoms with E-state index in [1.54, 1.807) is 12.3 Å². The first-order valence-corrected chi connectivity index (χ1v) is 4.80. The van der Waals surface area contributed by atoms with Gasteiger partial charge >= 0.3 is 0 Å². The van der Waals surface area contributed by atoms with Gasteiger partial charge in [0.2, 0.25) is 0 Å². The summed E-state index contributed by atoms with van der Waals surface area (Å²) in [6, 6.07) is 13.5.